The van der Waals surface area contributed by atoms with Gasteiger partial charge in [0.2, 0.25) is 0 Å². The van der Waals surface area contributed by atoms with Crippen molar-refractivity contribution >= 4 is 29.0 Å². The topological polar surface area (TPSA) is 113 Å². The highest BCUT2D eigenvalue weighted by atomic mass is 32.2. The summed E-state index contributed by atoms with van der Waals surface area (Å²) in [6.07, 6.45) is 6.64. The van der Waals surface area contributed by atoms with Crippen molar-refractivity contribution in [3.63, 3.8) is 0 Å². The molecule has 1 aromatic carbocycles. The number of rotatable bonds is 11. The number of nitrogens with zero attached hydrogens (tertiary/aromatic N) is 4. The van der Waals surface area contributed by atoms with Crippen LogP contribution in [0.4, 0.5) is 0 Å². The van der Waals surface area contributed by atoms with Crippen LogP contribution in [0.15, 0.2) is 46.4 Å². The number of carbonyl (C=O) groups is 1. The second kappa shape index (κ2) is 13.6. The second-order valence-corrected chi connectivity index (χ2v) is 12.8. The van der Waals surface area contributed by atoms with E-state index < -0.39 is 11.6 Å². The third kappa shape index (κ3) is 6.14. The van der Waals surface area contributed by atoms with Gasteiger partial charge in [0.1, 0.15) is 10.4 Å². The molecule has 1 amide bonds. The SMILES string of the molecule is COCC(O)C1(n2cnc(C(=O)N3CCNC[C@H]3CCSc3nc(CO)cs3)c2-c2ccccc2)CCCCC1. The van der Waals surface area contributed by atoms with E-state index in [1.165, 1.54) is 11.3 Å². The average Bonchev–Trinajstić information content (AvgIpc) is 3.66. The first-order valence-corrected chi connectivity index (χ1v) is 15.9. The quantitative estimate of drug-likeness (QED) is 0.292. The molecule has 2 aromatic heterocycles. The summed E-state index contributed by atoms with van der Waals surface area (Å²) >= 11 is 3.20. The van der Waals surface area contributed by atoms with Gasteiger partial charge < -0.3 is 29.7 Å². The van der Waals surface area contributed by atoms with Crippen LogP contribution < -0.4 is 5.32 Å². The van der Waals surface area contributed by atoms with Crippen LogP contribution in [-0.2, 0) is 16.9 Å². The minimum absolute atomic E-state index is 0.0301. The molecule has 0 spiro atoms. The summed E-state index contributed by atoms with van der Waals surface area (Å²) in [7, 11) is 1.61. The highest BCUT2D eigenvalue weighted by Gasteiger charge is 2.43. The molecule has 3 N–H and O–H groups in total. The first-order valence-electron chi connectivity index (χ1n) is 14.1. The van der Waals surface area contributed by atoms with E-state index in [2.05, 4.69) is 14.9 Å². The number of thioether (sulfide) groups is 1. The molecule has 5 rings (SSSR count). The van der Waals surface area contributed by atoms with Gasteiger partial charge in [0.05, 0.1) is 36.5 Å². The number of imidazole rings is 1. The molecular weight excluding hydrogens is 546 g/mol. The number of aliphatic hydroxyl groups excluding tert-OH is 2. The van der Waals surface area contributed by atoms with Crippen molar-refractivity contribution in [1.29, 1.82) is 0 Å². The van der Waals surface area contributed by atoms with Gasteiger partial charge in [-0.15, -0.1) is 11.3 Å². The number of hydrogen-bond acceptors (Lipinski definition) is 9. The van der Waals surface area contributed by atoms with E-state index in [0.29, 0.717) is 17.9 Å². The Morgan fingerprint density at radius 3 is 2.80 bits per heavy atom. The largest absolute Gasteiger partial charge is 0.390 e. The number of amides is 1. The number of benzene rings is 1. The number of thiazole rings is 1. The lowest BCUT2D eigenvalue weighted by Gasteiger charge is -2.43. The van der Waals surface area contributed by atoms with Crippen LogP contribution in [0.1, 0.15) is 54.7 Å². The fourth-order valence-corrected chi connectivity index (χ4v) is 8.00. The first-order chi connectivity index (χ1) is 19.6. The van der Waals surface area contributed by atoms with Crippen LogP contribution >= 0.6 is 23.1 Å². The van der Waals surface area contributed by atoms with Gasteiger partial charge in [-0.25, -0.2) is 9.97 Å². The van der Waals surface area contributed by atoms with Crippen molar-refractivity contribution in [2.45, 2.75) is 67.2 Å². The van der Waals surface area contributed by atoms with Crippen LogP contribution in [0.5, 0.6) is 0 Å². The molecule has 2 atom stereocenters. The van der Waals surface area contributed by atoms with Crippen molar-refractivity contribution in [3.8, 4) is 11.3 Å². The van der Waals surface area contributed by atoms with Gasteiger partial charge in [0.15, 0.2) is 5.69 Å². The average molecular weight is 586 g/mol. The van der Waals surface area contributed by atoms with E-state index in [-0.39, 0.29) is 25.2 Å². The van der Waals surface area contributed by atoms with Crippen molar-refractivity contribution in [3.05, 3.63) is 53.4 Å². The Morgan fingerprint density at radius 1 is 1.27 bits per heavy atom. The molecule has 1 unspecified atom stereocenters. The minimum atomic E-state index is -0.710. The van der Waals surface area contributed by atoms with Crippen LogP contribution in [0.25, 0.3) is 11.3 Å². The summed E-state index contributed by atoms with van der Waals surface area (Å²) in [5.41, 5.74) is 2.25. The molecule has 1 saturated heterocycles. The van der Waals surface area contributed by atoms with Crippen molar-refractivity contribution in [1.82, 2.24) is 24.8 Å². The first kappa shape index (κ1) is 29.2. The van der Waals surface area contributed by atoms with Crippen LogP contribution in [0.3, 0.4) is 0 Å². The number of aliphatic hydroxyl groups is 2. The van der Waals surface area contributed by atoms with Gasteiger partial charge in [0.25, 0.3) is 5.91 Å². The Hall–Kier alpha value is -2.28. The van der Waals surface area contributed by atoms with Gasteiger partial charge >= 0.3 is 0 Å². The molecule has 2 fully saturated rings. The number of aromatic nitrogens is 3. The van der Waals surface area contributed by atoms with Gasteiger partial charge in [-0.3, -0.25) is 4.79 Å². The molecule has 3 heterocycles. The normalized spacial score (nSPS) is 20.0. The fourth-order valence-electron chi connectivity index (χ4n) is 6.06. The summed E-state index contributed by atoms with van der Waals surface area (Å²) in [4.78, 5) is 25.4. The standard InChI is InChI=1S/C29H39N5O4S2/c1-38-18-24(36)29(11-6-3-7-12-29)34-20-31-25(26(34)21-8-4-2-5-9-21)27(37)33-14-13-30-16-23(33)10-15-39-28-32-22(17-35)19-40-28/h2,4-5,8-9,19-20,23-24,30,35-36H,3,6-7,10-18H2,1H3/t23-,24?/m1/s1. The maximum atomic E-state index is 14.3. The summed E-state index contributed by atoms with van der Waals surface area (Å²) in [6, 6.07) is 9.99. The molecule has 11 heteroatoms. The van der Waals surface area contributed by atoms with Gasteiger partial charge in [-0.2, -0.15) is 0 Å². The minimum Gasteiger partial charge on any atom is -0.390 e. The zero-order valence-electron chi connectivity index (χ0n) is 23.0. The van der Waals surface area contributed by atoms with Gasteiger partial charge in [0, 0.05) is 49.5 Å². The Kier molecular flexibility index (Phi) is 9.93. The molecule has 9 nitrogen and oxygen atoms in total. The molecule has 0 radical (unpaired) electrons. The summed E-state index contributed by atoms with van der Waals surface area (Å²) in [5, 5.41) is 26.0. The van der Waals surface area contributed by atoms with Gasteiger partial charge in [-0.05, 0) is 19.3 Å². The summed E-state index contributed by atoms with van der Waals surface area (Å²) in [5.74, 6) is 0.749. The van der Waals surface area contributed by atoms with E-state index in [1.54, 1.807) is 25.2 Å². The zero-order chi connectivity index (χ0) is 28.0. The Bertz CT molecular complexity index is 1240. The van der Waals surface area contributed by atoms with Crippen LogP contribution in [-0.4, -0.2) is 86.8 Å². The molecule has 0 bridgehead atoms. The number of carbonyl (C=O) groups excluding carboxylic acids is 1. The van der Waals surface area contributed by atoms with E-state index >= 15 is 0 Å². The molecule has 1 saturated carbocycles. The fraction of sp³-hybridized carbons (Fsp3) is 0.552. The summed E-state index contributed by atoms with van der Waals surface area (Å²) in [6.45, 7) is 2.25. The Morgan fingerprint density at radius 2 is 2.08 bits per heavy atom. The lowest BCUT2D eigenvalue weighted by Crippen LogP contribution is -2.54. The van der Waals surface area contributed by atoms with E-state index in [1.807, 2.05) is 40.6 Å². The number of hydrogen-bond donors (Lipinski definition) is 3. The maximum Gasteiger partial charge on any atom is 0.275 e. The summed E-state index contributed by atoms with van der Waals surface area (Å²) < 4.78 is 8.43. The third-order valence-electron chi connectivity index (χ3n) is 8.14. The van der Waals surface area contributed by atoms with E-state index in [0.717, 1.165) is 73.0 Å². The number of ether oxygens (including phenoxy) is 1. The number of methoxy groups -OCH3 is 1. The van der Waals surface area contributed by atoms with Gasteiger partial charge in [-0.1, -0.05) is 61.4 Å². The predicted molar refractivity (Wildman–Crippen MR) is 158 cm³/mol. The molecule has 1 aliphatic heterocycles. The molecule has 2 aliphatic rings. The molecule has 216 valence electrons. The Labute approximate surface area is 244 Å². The second-order valence-electron chi connectivity index (χ2n) is 10.6. The number of nitrogens with one attached hydrogen (secondary N) is 1. The monoisotopic (exact) mass is 585 g/mol. The van der Waals surface area contributed by atoms with Crippen molar-refractivity contribution in [2.24, 2.45) is 0 Å². The maximum absolute atomic E-state index is 14.3. The molecule has 3 aromatic rings. The smallest absolute Gasteiger partial charge is 0.275 e. The third-order valence-corrected chi connectivity index (χ3v) is 10.2. The van der Waals surface area contributed by atoms with E-state index in [4.69, 9.17) is 9.72 Å². The van der Waals surface area contributed by atoms with Crippen molar-refractivity contribution in [2.75, 3.05) is 39.1 Å². The van der Waals surface area contributed by atoms with Crippen LogP contribution in [0.2, 0.25) is 0 Å². The molecule has 1 aliphatic carbocycles. The highest BCUT2D eigenvalue weighted by Crippen LogP contribution is 2.42. The molecular formula is C29H39N5O4S2. The zero-order valence-corrected chi connectivity index (χ0v) is 24.6. The van der Waals surface area contributed by atoms with Crippen molar-refractivity contribution < 1.29 is 19.7 Å². The molecule has 40 heavy (non-hydrogen) atoms. The van der Waals surface area contributed by atoms with Crippen LogP contribution in [0, 0.1) is 0 Å². The highest BCUT2D eigenvalue weighted by molar-refractivity contribution is 8.01. The number of piperazine rings is 1. The van der Waals surface area contributed by atoms with E-state index in [9.17, 15) is 15.0 Å². The Balaban J connectivity index is 1.44. The lowest BCUT2D eigenvalue weighted by atomic mass is 9.77. The lowest BCUT2D eigenvalue weighted by molar-refractivity contribution is -0.0394. The predicted octanol–water partition coefficient (Wildman–Crippen LogP) is 3.76.